The van der Waals surface area contributed by atoms with Gasteiger partial charge in [0.2, 0.25) is 0 Å². The van der Waals surface area contributed by atoms with Gasteiger partial charge in [0.15, 0.2) is 15.0 Å². The van der Waals surface area contributed by atoms with Crippen LogP contribution in [0.25, 0.3) is 11.3 Å². The molecule has 0 saturated heterocycles. The molecule has 0 aliphatic heterocycles. The number of carbonyl (C=O) groups is 1. The van der Waals surface area contributed by atoms with Crippen molar-refractivity contribution in [3.8, 4) is 11.3 Å². The molecule has 3 aromatic rings. The molecule has 0 aliphatic rings. The summed E-state index contributed by atoms with van der Waals surface area (Å²) >= 11 is 13.4. The third kappa shape index (κ3) is 4.07. The molecule has 0 radical (unpaired) electrons. The van der Waals surface area contributed by atoms with E-state index in [4.69, 9.17) is 23.2 Å². The highest BCUT2D eigenvalue weighted by Crippen LogP contribution is 2.32. The van der Waals surface area contributed by atoms with Crippen LogP contribution in [0, 0.1) is 0 Å². The zero-order valence-corrected chi connectivity index (χ0v) is 16.5. The van der Waals surface area contributed by atoms with Gasteiger partial charge in [-0.2, -0.15) is 0 Å². The molecule has 26 heavy (non-hydrogen) atoms. The summed E-state index contributed by atoms with van der Waals surface area (Å²) in [6.45, 7) is 0. The van der Waals surface area contributed by atoms with E-state index in [2.05, 4.69) is 10.3 Å². The Bertz CT molecular complexity index is 1090. The van der Waals surface area contributed by atoms with Gasteiger partial charge in [0.25, 0.3) is 5.91 Å². The molecule has 1 heterocycles. The summed E-state index contributed by atoms with van der Waals surface area (Å²) in [5.41, 5.74) is 1.27. The molecule has 0 bridgehead atoms. The van der Waals surface area contributed by atoms with Gasteiger partial charge in [-0.15, -0.1) is 11.3 Å². The van der Waals surface area contributed by atoms with Crippen molar-refractivity contribution in [1.29, 1.82) is 0 Å². The van der Waals surface area contributed by atoms with Crippen LogP contribution in [0.1, 0.15) is 10.4 Å². The molecule has 3 rings (SSSR count). The van der Waals surface area contributed by atoms with E-state index in [0.29, 0.717) is 26.4 Å². The van der Waals surface area contributed by atoms with Gasteiger partial charge < -0.3 is 0 Å². The van der Waals surface area contributed by atoms with Crippen LogP contribution in [0.5, 0.6) is 0 Å². The third-order valence-corrected chi connectivity index (χ3v) is 5.94. The molecule has 134 valence electrons. The van der Waals surface area contributed by atoms with E-state index in [1.54, 1.807) is 35.7 Å². The van der Waals surface area contributed by atoms with E-state index in [1.165, 1.54) is 23.5 Å². The monoisotopic (exact) mass is 426 g/mol. The van der Waals surface area contributed by atoms with Crippen LogP contribution in [0.3, 0.4) is 0 Å². The Morgan fingerprint density at radius 3 is 2.62 bits per heavy atom. The van der Waals surface area contributed by atoms with Crippen molar-refractivity contribution in [3.05, 3.63) is 63.5 Å². The van der Waals surface area contributed by atoms with Gasteiger partial charge in [0.1, 0.15) is 0 Å². The maximum absolute atomic E-state index is 12.5. The molecule has 0 spiro atoms. The Morgan fingerprint density at radius 1 is 1.15 bits per heavy atom. The fourth-order valence-corrected chi connectivity index (χ4v) is 4.27. The smallest absolute Gasteiger partial charge is 0.258 e. The second kappa shape index (κ2) is 7.36. The van der Waals surface area contributed by atoms with E-state index in [0.717, 1.165) is 6.26 Å². The predicted octanol–water partition coefficient (Wildman–Crippen LogP) is 4.77. The number of benzene rings is 2. The van der Waals surface area contributed by atoms with Crippen molar-refractivity contribution in [1.82, 2.24) is 4.98 Å². The lowest BCUT2D eigenvalue weighted by Gasteiger charge is -2.07. The van der Waals surface area contributed by atoms with Gasteiger partial charge in [0, 0.05) is 22.2 Å². The van der Waals surface area contributed by atoms with E-state index in [-0.39, 0.29) is 10.5 Å². The van der Waals surface area contributed by atoms with Crippen LogP contribution in [0.15, 0.2) is 52.7 Å². The minimum atomic E-state index is -3.53. The van der Waals surface area contributed by atoms with Gasteiger partial charge in [-0.1, -0.05) is 35.3 Å². The number of rotatable bonds is 4. The molecule has 0 fully saturated rings. The molecule has 0 unspecified atom stereocenters. The van der Waals surface area contributed by atoms with Gasteiger partial charge in [-0.25, -0.2) is 13.4 Å². The number of thiazole rings is 1. The number of anilines is 1. The molecule has 1 amide bonds. The van der Waals surface area contributed by atoms with Gasteiger partial charge in [-0.05, 0) is 30.3 Å². The SMILES string of the molecule is CS(=O)(=O)c1ccccc1C(=O)Nc1nc(-c2cc(Cl)ccc2Cl)cs1. The maximum atomic E-state index is 12.5. The average molecular weight is 427 g/mol. The van der Waals surface area contributed by atoms with Crippen LogP contribution >= 0.6 is 34.5 Å². The lowest BCUT2D eigenvalue weighted by atomic mass is 10.2. The Morgan fingerprint density at radius 2 is 1.88 bits per heavy atom. The number of aromatic nitrogens is 1. The highest BCUT2D eigenvalue weighted by Gasteiger charge is 2.19. The first-order valence-electron chi connectivity index (χ1n) is 7.27. The number of sulfone groups is 1. The molecule has 0 atom stereocenters. The van der Waals surface area contributed by atoms with Crippen LogP contribution < -0.4 is 5.32 Å². The van der Waals surface area contributed by atoms with Crippen molar-refractivity contribution in [2.75, 3.05) is 11.6 Å². The van der Waals surface area contributed by atoms with Crippen LogP contribution in [-0.4, -0.2) is 25.6 Å². The zero-order chi connectivity index (χ0) is 18.9. The molecular formula is C17H12Cl2N2O3S2. The molecule has 9 heteroatoms. The van der Waals surface area contributed by atoms with Crippen molar-refractivity contribution in [3.63, 3.8) is 0 Å². The summed E-state index contributed by atoms with van der Waals surface area (Å²) in [6, 6.07) is 11.0. The second-order valence-corrected chi connectivity index (χ2v) is 9.07. The largest absolute Gasteiger partial charge is 0.298 e. The fraction of sp³-hybridized carbons (Fsp3) is 0.0588. The molecule has 1 N–H and O–H groups in total. The summed E-state index contributed by atoms with van der Waals surface area (Å²) in [6.07, 6.45) is 1.06. The third-order valence-electron chi connectivity index (χ3n) is 3.46. The van der Waals surface area contributed by atoms with Gasteiger partial charge in [-0.3, -0.25) is 10.1 Å². The van der Waals surface area contributed by atoms with Gasteiger partial charge >= 0.3 is 0 Å². The first-order chi connectivity index (χ1) is 12.3. The van der Waals surface area contributed by atoms with Crippen molar-refractivity contribution >= 4 is 55.4 Å². The Kier molecular flexibility index (Phi) is 5.34. The lowest BCUT2D eigenvalue weighted by molar-refractivity contribution is 0.102. The molecule has 0 aliphatic carbocycles. The quantitative estimate of drug-likeness (QED) is 0.651. The van der Waals surface area contributed by atoms with Crippen molar-refractivity contribution in [2.45, 2.75) is 4.90 Å². The van der Waals surface area contributed by atoms with E-state index >= 15 is 0 Å². The van der Waals surface area contributed by atoms with E-state index < -0.39 is 15.7 Å². The van der Waals surface area contributed by atoms with Crippen LogP contribution in [-0.2, 0) is 9.84 Å². The lowest BCUT2D eigenvalue weighted by Crippen LogP contribution is -2.15. The van der Waals surface area contributed by atoms with Crippen LogP contribution in [0.2, 0.25) is 10.0 Å². The predicted molar refractivity (Wildman–Crippen MR) is 105 cm³/mol. The number of nitrogens with zero attached hydrogens (tertiary/aromatic N) is 1. The molecule has 0 saturated carbocycles. The summed E-state index contributed by atoms with van der Waals surface area (Å²) in [4.78, 5) is 16.8. The number of carbonyl (C=O) groups excluding carboxylic acids is 1. The van der Waals surface area contributed by atoms with E-state index in [1.807, 2.05) is 0 Å². The highest BCUT2D eigenvalue weighted by molar-refractivity contribution is 7.90. The number of hydrogen-bond donors (Lipinski definition) is 1. The molecule has 1 aromatic heterocycles. The zero-order valence-electron chi connectivity index (χ0n) is 13.4. The maximum Gasteiger partial charge on any atom is 0.258 e. The fourth-order valence-electron chi connectivity index (χ4n) is 2.29. The van der Waals surface area contributed by atoms with Crippen LogP contribution in [0.4, 0.5) is 5.13 Å². The highest BCUT2D eigenvalue weighted by atomic mass is 35.5. The number of halogens is 2. The summed E-state index contributed by atoms with van der Waals surface area (Å²) < 4.78 is 23.7. The summed E-state index contributed by atoms with van der Waals surface area (Å²) in [7, 11) is -3.53. The number of nitrogens with one attached hydrogen (secondary N) is 1. The van der Waals surface area contributed by atoms with Gasteiger partial charge in [0.05, 0.1) is 21.2 Å². The standard InChI is InChI=1S/C17H12Cl2N2O3S2/c1-26(23,24)15-5-3-2-4-11(15)16(22)21-17-20-14(9-25-17)12-8-10(18)6-7-13(12)19/h2-9H,1H3,(H,20,21,22). The topological polar surface area (TPSA) is 76.1 Å². The first-order valence-corrected chi connectivity index (χ1v) is 10.8. The average Bonchev–Trinajstić information content (AvgIpc) is 3.04. The molecule has 5 nitrogen and oxygen atoms in total. The van der Waals surface area contributed by atoms with Crippen molar-refractivity contribution in [2.24, 2.45) is 0 Å². The number of hydrogen-bond acceptors (Lipinski definition) is 5. The number of amides is 1. The molecular weight excluding hydrogens is 415 g/mol. The second-order valence-electron chi connectivity index (χ2n) is 5.38. The minimum Gasteiger partial charge on any atom is -0.298 e. The Hall–Kier alpha value is -1.93. The first kappa shape index (κ1) is 18.8. The normalized spacial score (nSPS) is 11.3. The van der Waals surface area contributed by atoms with Crippen molar-refractivity contribution < 1.29 is 13.2 Å². The minimum absolute atomic E-state index is 0.0350. The summed E-state index contributed by atoms with van der Waals surface area (Å²) in [5, 5.41) is 5.68. The summed E-state index contributed by atoms with van der Waals surface area (Å²) in [5.74, 6) is -0.552. The Balaban J connectivity index is 1.89. The Labute approximate surface area is 164 Å². The van der Waals surface area contributed by atoms with E-state index in [9.17, 15) is 13.2 Å². The molecule has 2 aromatic carbocycles.